The van der Waals surface area contributed by atoms with Gasteiger partial charge in [-0.3, -0.25) is 9.79 Å². The van der Waals surface area contributed by atoms with E-state index in [2.05, 4.69) is 20.9 Å². The Balaban J connectivity index is 0.00000676. The molecule has 0 saturated heterocycles. The lowest BCUT2D eigenvalue weighted by atomic mass is 10.2. The highest BCUT2D eigenvalue weighted by Gasteiger charge is 2.15. The number of benzene rings is 1. The second-order valence-corrected chi connectivity index (χ2v) is 5.08. The van der Waals surface area contributed by atoms with E-state index in [0.717, 1.165) is 18.6 Å². The predicted octanol–water partition coefficient (Wildman–Crippen LogP) is 1.88. The lowest BCUT2D eigenvalue weighted by molar-refractivity contribution is -0.115. The number of aliphatic imine (C=N–C) groups is 1. The van der Waals surface area contributed by atoms with E-state index < -0.39 is 29.0 Å². The van der Waals surface area contributed by atoms with E-state index in [9.17, 15) is 18.0 Å². The Hall–Kier alpha value is -1.60. The molecular formula is C16H24F3IN4O3. The molecule has 1 aromatic carbocycles. The van der Waals surface area contributed by atoms with Crippen molar-refractivity contribution < 1.29 is 27.4 Å². The summed E-state index contributed by atoms with van der Waals surface area (Å²) in [5.74, 6) is -4.69. The quantitative estimate of drug-likeness (QED) is 0.149. The maximum absolute atomic E-state index is 13.5. The molecule has 154 valence electrons. The molecule has 0 aliphatic carbocycles. The van der Waals surface area contributed by atoms with Gasteiger partial charge in [0.2, 0.25) is 5.91 Å². The molecule has 11 heteroatoms. The molecule has 0 heterocycles. The second-order valence-electron chi connectivity index (χ2n) is 5.08. The number of carbonyl (C=O) groups excluding carboxylic acids is 1. The van der Waals surface area contributed by atoms with Gasteiger partial charge in [-0.05, 0) is 18.6 Å². The van der Waals surface area contributed by atoms with Crippen LogP contribution in [0.2, 0.25) is 0 Å². The largest absolute Gasteiger partial charge is 0.382 e. The smallest absolute Gasteiger partial charge is 0.243 e. The third kappa shape index (κ3) is 9.77. The topological polar surface area (TPSA) is 84.0 Å². The number of guanidine groups is 1. The average molecular weight is 504 g/mol. The lowest BCUT2D eigenvalue weighted by Crippen LogP contribution is -2.42. The van der Waals surface area contributed by atoms with Crippen molar-refractivity contribution in [3.8, 4) is 0 Å². The summed E-state index contributed by atoms with van der Waals surface area (Å²) in [6, 6.07) is 1.68. The number of amides is 1. The number of anilines is 1. The van der Waals surface area contributed by atoms with Gasteiger partial charge in [0.05, 0.1) is 25.4 Å². The SMILES string of the molecule is CN=C(NCCCOCCOC)NCC(=O)Nc1ccc(F)c(F)c1F.I. The third-order valence-corrected chi connectivity index (χ3v) is 3.14. The van der Waals surface area contributed by atoms with Gasteiger partial charge in [0.15, 0.2) is 23.4 Å². The van der Waals surface area contributed by atoms with E-state index in [0.29, 0.717) is 32.3 Å². The van der Waals surface area contributed by atoms with Gasteiger partial charge >= 0.3 is 0 Å². The monoisotopic (exact) mass is 504 g/mol. The van der Waals surface area contributed by atoms with Crippen LogP contribution in [0.4, 0.5) is 18.9 Å². The second kappa shape index (κ2) is 14.5. The molecule has 0 bridgehead atoms. The minimum absolute atomic E-state index is 0. The van der Waals surface area contributed by atoms with Crippen LogP contribution in [-0.2, 0) is 14.3 Å². The molecule has 0 aliphatic rings. The summed E-state index contributed by atoms with van der Waals surface area (Å²) in [6.07, 6.45) is 0.719. The van der Waals surface area contributed by atoms with E-state index in [-0.39, 0.29) is 30.5 Å². The van der Waals surface area contributed by atoms with Crippen molar-refractivity contribution in [2.45, 2.75) is 6.42 Å². The Kier molecular flexibility index (Phi) is 13.6. The number of methoxy groups -OCH3 is 1. The fraction of sp³-hybridized carbons (Fsp3) is 0.500. The summed E-state index contributed by atoms with van der Waals surface area (Å²) >= 11 is 0. The fourth-order valence-corrected chi connectivity index (χ4v) is 1.83. The summed E-state index contributed by atoms with van der Waals surface area (Å²) in [5, 5.41) is 7.85. The normalized spacial score (nSPS) is 10.9. The van der Waals surface area contributed by atoms with Crippen LogP contribution in [0.1, 0.15) is 6.42 Å². The molecule has 1 aromatic rings. The number of ether oxygens (including phenoxy) is 2. The molecule has 0 aliphatic heterocycles. The molecule has 0 fully saturated rings. The first-order valence-corrected chi connectivity index (χ1v) is 7.94. The Morgan fingerprint density at radius 2 is 1.85 bits per heavy atom. The van der Waals surface area contributed by atoms with E-state index in [4.69, 9.17) is 9.47 Å². The molecule has 1 amide bonds. The zero-order chi connectivity index (χ0) is 19.4. The van der Waals surface area contributed by atoms with Crippen molar-refractivity contribution in [3.63, 3.8) is 0 Å². The van der Waals surface area contributed by atoms with Gasteiger partial charge in [-0.15, -0.1) is 24.0 Å². The van der Waals surface area contributed by atoms with Crippen LogP contribution in [0.15, 0.2) is 17.1 Å². The number of nitrogens with zero attached hydrogens (tertiary/aromatic N) is 1. The summed E-state index contributed by atoms with van der Waals surface area (Å²) < 4.78 is 49.6. The fourth-order valence-electron chi connectivity index (χ4n) is 1.83. The molecule has 3 N–H and O–H groups in total. The van der Waals surface area contributed by atoms with Crippen LogP contribution < -0.4 is 16.0 Å². The Morgan fingerprint density at radius 3 is 2.52 bits per heavy atom. The Labute approximate surface area is 173 Å². The number of rotatable bonds is 10. The Bertz CT molecular complexity index is 621. The highest BCUT2D eigenvalue weighted by Crippen LogP contribution is 2.19. The minimum Gasteiger partial charge on any atom is -0.382 e. The van der Waals surface area contributed by atoms with Gasteiger partial charge in [-0.1, -0.05) is 0 Å². The molecule has 0 atom stereocenters. The number of halogens is 4. The summed E-state index contributed by atoms with van der Waals surface area (Å²) in [6.45, 7) is 1.92. The molecule has 0 saturated carbocycles. The standard InChI is InChI=1S/C16H23F3N4O3.HI/c1-20-16(21-6-3-7-26-9-8-25-2)22-10-13(24)23-12-5-4-11(17)14(18)15(12)19;/h4-5H,3,6-10H2,1-2H3,(H,23,24)(H2,20,21,22);1H. The van der Waals surface area contributed by atoms with Crippen molar-refractivity contribution >= 4 is 41.5 Å². The maximum Gasteiger partial charge on any atom is 0.243 e. The van der Waals surface area contributed by atoms with Gasteiger partial charge in [0.25, 0.3) is 0 Å². The van der Waals surface area contributed by atoms with E-state index >= 15 is 0 Å². The molecule has 0 spiro atoms. The summed E-state index contributed by atoms with van der Waals surface area (Å²) in [5.41, 5.74) is -0.438. The Morgan fingerprint density at radius 1 is 1.11 bits per heavy atom. The number of nitrogens with one attached hydrogen (secondary N) is 3. The van der Waals surface area contributed by atoms with Crippen LogP contribution in [0.5, 0.6) is 0 Å². The molecular weight excluding hydrogens is 480 g/mol. The van der Waals surface area contributed by atoms with Crippen LogP contribution in [0.25, 0.3) is 0 Å². The molecule has 0 aromatic heterocycles. The maximum atomic E-state index is 13.5. The zero-order valence-corrected chi connectivity index (χ0v) is 17.4. The number of carbonyl (C=O) groups is 1. The first-order valence-electron chi connectivity index (χ1n) is 7.94. The van der Waals surface area contributed by atoms with Gasteiger partial charge in [-0.25, -0.2) is 13.2 Å². The molecule has 0 unspecified atom stereocenters. The molecule has 0 radical (unpaired) electrons. The zero-order valence-electron chi connectivity index (χ0n) is 15.1. The van der Waals surface area contributed by atoms with Gasteiger partial charge in [0, 0.05) is 27.3 Å². The predicted molar refractivity (Wildman–Crippen MR) is 107 cm³/mol. The van der Waals surface area contributed by atoms with Crippen molar-refractivity contribution in [1.82, 2.24) is 10.6 Å². The van der Waals surface area contributed by atoms with Crippen LogP contribution in [0, 0.1) is 17.5 Å². The van der Waals surface area contributed by atoms with E-state index in [1.54, 1.807) is 7.11 Å². The van der Waals surface area contributed by atoms with Crippen LogP contribution in [-0.4, -0.2) is 58.9 Å². The first-order chi connectivity index (χ1) is 12.5. The van der Waals surface area contributed by atoms with E-state index in [1.165, 1.54) is 7.05 Å². The van der Waals surface area contributed by atoms with E-state index in [1.807, 2.05) is 0 Å². The lowest BCUT2D eigenvalue weighted by Gasteiger charge is -2.12. The molecule has 7 nitrogen and oxygen atoms in total. The third-order valence-electron chi connectivity index (χ3n) is 3.14. The highest BCUT2D eigenvalue weighted by molar-refractivity contribution is 14.0. The van der Waals surface area contributed by atoms with Gasteiger partial charge in [0.1, 0.15) is 0 Å². The van der Waals surface area contributed by atoms with Crippen LogP contribution in [0.3, 0.4) is 0 Å². The van der Waals surface area contributed by atoms with Crippen molar-refractivity contribution in [2.24, 2.45) is 4.99 Å². The number of hydrogen-bond donors (Lipinski definition) is 3. The van der Waals surface area contributed by atoms with Crippen LogP contribution >= 0.6 is 24.0 Å². The minimum atomic E-state index is -1.64. The van der Waals surface area contributed by atoms with Gasteiger partial charge in [-0.2, -0.15) is 0 Å². The summed E-state index contributed by atoms with van der Waals surface area (Å²) in [4.78, 5) is 15.7. The van der Waals surface area contributed by atoms with Crippen molar-refractivity contribution in [1.29, 1.82) is 0 Å². The highest BCUT2D eigenvalue weighted by atomic mass is 127. The van der Waals surface area contributed by atoms with Gasteiger partial charge < -0.3 is 25.4 Å². The average Bonchev–Trinajstić information content (AvgIpc) is 2.64. The first kappa shape index (κ1) is 25.4. The number of hydrogen-bond acceptors (Lipinski definition) is 4. The molecule has 27 heavy (non-hydrogen) atoms. The molecule has 1 rings (SSSR count). The van der Waals surface area contributed by atoms with Crippen molar-refractivity contribution in [2.75, 3.05) is 52.4 Å². The van der Waals surface area contributed by atoms with Crippen molar-refractivity contribution in [3.05, 3.63) is 29.6 Å². The summed E-state index contributed by atoms with van der Waals surface area (Å²) in [7, 11) is 3.12.